The molecular weight excluding hydrogens is 422 g/mol. The van der Waals surface area contributed by atoms with E-state index in [1.807, 2.05) is 13.0 Å². The van der Waals surface area contributed by atoms with Gasteiger partial charge in [0, 0.05) is 56.2 Å². The molecule has 0 radical (unpaired) electrons. The van der Waals surface area contributed by atoms with E-state index in [9.17, 15) is 4.79 Å². The van der Waals surface area contributed by atoms with E-state index < -0.39 is 0 Å². The highest BCUT2D eigenvalue weighted by Gasteiger charge is 2.33. The van der Waals surface area contributed by atoms with Crippen molar-refractivity contribution < 1.29 is 19.4 Å². The number of ether oxygens (including phenoxy) is 1. The van der Waals surface area contributed by atoms with Crippen LogP contribution in [0.15, 0.2) is 12.4 Å². The summed E-state index contributed by atoms with van der Waals surface area (Å²) in [6.45, 7) is 5.18. The Morgan fingerprint density at radius 1 is 1.06 bits per heavy atom. The lowest BCUT2D eigenvalue weighted by Gasteiger charge is -2.36. The van der Waals surface area contributed by atoms with Crippen LogP contribution in [-0.2, 0) is 14.3 Å². The van der Waals surface area contributed by atoms with Gasteiger partial charge in [-0.15, -0.1) is 0 Å². The molecule has 0 aromatic carbocycles. The van der Waals surface area contributed by atoms with E-state index in [0.717, 1.165) is 76.3 Å². The molecule has 0 bridgehead atoms. The summed E-state index contributed by atoms with van der Waals surface area (Å²) in [6.07, 6.45) is 11.7. The lowest BCUT2D eigenvalue weighted by Crippen LogP contribution is -2.48. The highest BCUT2D eigenvalue weighted by Crippen LogP contribution is 2.26. The van der Waals surface area contributed by atoms with Gasteiger partial charge in [0.25, 0.3) is 6.47 Å². The fourth-order valence-corrected chi connectivity index (χ4v) is 5.21. The number of anilines is 1. The van der Waals surface area contributed by atoms with Gasteiger partial charge in [-0.1, -0.05) is 19.3 Å². The molecule has 33 heavy (non-hydrogen) atoms. The Balaban J connectivity index is 0.000000968. The Labute approximate surface area is 196 Å². The van der Waals surface area contributed by atoms with Crippen LogP contribution in [0.4, 0.5) is 5.82 Å². The van der Waals surface area contributed by atoms with Crippen LogP contribution in [0, 0.1) is 12.8 Å². The molecule has 3 N–H and O–H groups in total. The molecule has 9 nitrogen and oxygen atoms in total. The van der Waals surface area contributed by atoms with Crippen LogP contribution in [0.3, 0.4) is 0 Å². The largest absolute Gasteiger partial charge is 0.483 e. The summed E-state index contributed by atoms with van der Waals surface area (Å²) in [4.78, 5) is 32.7. The van der Waals surface area contributed by atoms with Gasteiger partial charge >= 0.3 is 0 Å². The first-order valence-electron chi connectivity index (χ1n) is 12.3. The normalized spacial score (nSPS) is 25.2. The van der Waals surface area contributed by atoms with Gasteiger partial charge in [0.1, 0.15) is 12.1 Å². The van der Waals surface area contributed by atoms with Crippen molar-refractivity contribution in [2.75, 3.05) is 31.6 Å². The second kappa shape index (κ2) is 13.4. The summed E-state index contributed by atoms with van der Waals surface area (Å²) in [5, 5.41) is 13.9. The number of nitrogens with one attached hydrogen (secondary N) is 2. The highest BCUT2D eigenvalue weighted by atomic mass is 16.5. The van der Waals surface area contributed by atoms with Gasteiger partial charge in [0.05, 0.1) is 5.92 Å². The summed E-state index contributed by atoms with van der Waals surface area (Å²) in [5.41, 5.74) is 0.965. The molecule has 1 amide bonds. The van der Waals surface area contributed by atoms with Crippen LogP contribution in [0.25, 0.3) is 0 Å². The molecule has 1 aliphatic carbocycles. The van der Waals surface area contributed by atoms with Gasteiger partial charge in [-0.2, -0.15) is 0 Å². The molecule has 3 heterocycles. The van der Waals surface area contributed by atoms with Crippen LogP contribution in [0.1, 0.15) is 63.5 Å². The fourth-order valence-electron chi connectivity index (χ4n) is 5.21. The van der Waals surface area contributed by atoms with Gasteiger partial charge < -0.3 is 20.5 Å². The van der Waals surface area contributed by atoms with Crippen molar-refractivity contribution >= 4 is 18.2 Å². The van der Waals surface area contributed by atoms with E-state index >= 15 is 0 Å². The number of aromatic nitrogens is 2. The predicted octanol–water partition coefficient (Wildman–Crippen LogP) is 2.61. The standard InChI is InChI=1S/C23H37N5O2.CH2O2/c1-17-13-22(25-16-24-17)26-20-8-7-18(23(29)27-19-5-3-2-4-6-19)14-28(15-20)21-9-11-30-12-10-21;2-1-3/h13,16,18-21H,2-12,14-15H2,1H3,(H,27,29)(H,24,25,26);1H,(H,2,3)/t18-,20+;/m1./s1. The van der Waals surface area contributed by atoms with E-state index in [2.05, 4.69) is 25.5 Å². The molecule has 0 spiro atoms. The maximum absolute atomic E-state index is 13.2. The Morgan fingerprint density at radius 2 is 1.79 bits per heavy atom. The van der Waals surface area contributed by atoms with Crippen LogP contribution >= 0.6 is 0 Å². The van der Waals surface area contributed by atoms with Crippen LogP contribution in [-0.4, -0.2) is 76.8 Å². The zero-order chi connectivity index (χ0) is 23.5. The number of aryl methyl sites for hydroxylation is 1. The number of likely N-dealkylation sites (tertiary alicyclic amines) is 1. The van der Waals surface area contributed by atoms with Crippen molar-refractivity contribution in [3.05, 3.63) is 18.1 Å². The molecule has 9 heteroatoms. The van der Waals surface area contributed by atoms with Crippen molar-refractivity contribution in [3.8, 4) is 0 Å². The van der Waals surface area contributed by atoms with Crippen molar-refractivity contribution in [1.29, 1.82) is 0 Å². The third-order valence-electron chi connectivity index (χ3n) is 6.96. The first-order valence-corrected chi connectivity index (χ1v) is 12.3. The minimum absolute atomic E-state index is 0.0636. The van der Waals surface area contributed by atoms with Crippen molar-refractivity contribution in [1.82, 2.24) is 20.2 Å². The molecule has 1 aromatic rings. The molecule has 3 fully saturated rings. The van der Waals surface area contributed by atoms with Crippen molar-refractivity contribution in [2.24, 2.45) is 5.92 Å². The summed E-state index contributed by atoms with van der Waals surface area (Å²) in [5.74, 6) is 1.20. The molecule has 1 saturated carbocycles. The molecule has 1 aromatic heterocycles. The van der Waals surface area contributed by atoms with Gasteiger partial charge in [0.2, 0.25) is 5.91 Å². The number of hydrogen-bond donors (Lipinski definition) is 3. The number of carboxylic acid groups (broad SMARTS) is 1. The summed E-state index contributed by atoms with van der Waals surface area (Å²) in [6, 6.07) is 3.16. The van der Waals surface area contributed by atoms with Gasteiger partial charge in [-0.05, 0) is 45.4 Å². The molecule has 2 aliphatic heterocycles. The van der Waals surface area contributed by atoms with Crippen LogP contribution in [0.2, 0.25) is 0 Å². The van der Waals surface area contributed by atoms with Crippen LogP contribution in [0.5, 0.6) is 0 Å². The number of nitrogens with zero attached hydrogens (tertiary/aromatic N) is 3. The first-order chi connectivity index (χ1) is 16.1. The lowest BCUT2D eigenvalue weighted by molar-refractivity contribution is -0.127. The third-order valence-corrected chi connectivity index (χ3v) is 6.96. The second-order valence-corrected chi connectivity index (χ2v) is 9.41. The lowest BCUT2D eigenvalue weighted by atomic mass is 9.94. The Hall–Kier alpha value is -2.26. The number of rotatable bonds is 5. The Morgan fingerprint density at radius 3 is 2.48 bits per heavy atom. The van der Waals surface area contributed by atoms with Gasteiger partial charge in [-0.25, -0.2) is 9.97 Å². The van der Waals surface area contributed by atoms with E-state index in [1.165, 1.54) is 19.3 Å². The fraction of sp³-hybridized carbons (Fsp3) is 0.750. The Bertz CT molecular complexity index is 737. The van der Waals surface area contributed by atoms with Crippen molar-refractivity contribution in [2.45, 2.75) is 82.8 Å². The molecule has 2 atom stereocenters. The second-order valence-electron chi connectivity index (χ2n) is 9.41. The van der Waals surface area contributed by atoms with Crippen molar-refractivity contribution in [3.63, 3.8) is 0 Å². The smallest absolute Gasteiger partial charge is 0.290 e. The number of amides is 1. The first kappa shape index (κ1) is 25.4. The minimum atomic E-state index is -0.250. The van der Waals surface area contributed by atoms with Gasteiger partial charge in [-0.3, -0.25) is 14.5 Å². The predicted molar refractivity (Wildman–Crippen MR) is 126 cm³/mol. The maximum atomic E-state index is 13.2. The number of carbonyl (C=O) groups excluding carboxylic acids is 1. The third kappa shape index (κ3) is 8.23. The van der Waals surface area contributed by atoms with E-state index in [1.54, 1.807) is 6.33 Å². The SMILES string of the molecule is Cc1cc(N[C@H]2CC[C@@H](C(=O)NC3CCCCC3)CN(C3CCOCC3)C2)ncn1.O=CO. The quantitative estimate of drug-likeness (QED) is 0.573. The van der Waals surface area contributed by atoms with E-state index in [-0.39, 0.29) is 24.3 Å². The topological polar surface area (TPSA) is 117 Å². The maximum Gasteiger partial charge on any atom is 0.290 e. The van der Waals surface area contributed by atoms with E-state index in [4.69, 9.17) is 14.6 Å². The molecule has 2 saturated heterocycles. The zero-order valence-electron chi connectivity index (χ0n) is 19.7. The monoisotopic (exact) mass is 461 g/mol. The summed E-state index contributed by atoms with van der Waals surface area (Å²) in [7, 11) is 0. The summed E-state index contributed by atoms with van der Waals surface area (Å²) >= 11 is 0. The molecule has 4 rings (SSSR count). The minimum Gasteiger partial charge on any atom is -0.483 e. The summed E-state index contributed by atoms with van der Waals surface area (Å²) < 4.78 is 5.59. The average Bonchev–Trinajstić information content (AvgIpc) is 3.04. The molecular formula is C24H39N5O4. The number of hydrogen-bond acceptors (Lipinski definition) is 7. The molecule has 0 unspecified atom stereocenters. The van der Waals surface area contributed by atoms with E-state index in [0.29, 0.717) is 12.1 Å². The number of carbonyl (C=O) groups is 2. The zero-order valence-corrected chi connectivity index (χ0v) is 19.7. The highest BCUT2D eigenvalue weighted by molar-refractivity contribution is 5.79. The Kier molecular flexibility index (Phi) is 10.3. The average molecular weight is 462 g/mol. The molecule has 184 valence electrons. The molecule has 3 aliphatic rings. The van der Waals surface area contributed by atoms with Crippen LogP contribution < -0.4 is 10.6 Å². The van der Waals surface area contributed by atoms with Gasteiger partial charge in [0.15, 0.2) is 0 Å².